The zero-order valence-electron chi connectivity index (χ0n) is 14.4. The minimum atomic E-state index is 0.0437. The predicted molar refractivity (Wildman–Crippen MR) is 91.5 cm³/mol. The summed E-state index contributed by atoms with van der Waals surface area (Å²) in [7, 11) is 0. The Morgan fingerprint density at radius 3 is 3.00 bits per heavy atom. The molecule has 0 aromatic carbocycles. The van der Waals surface area contributed by atoms with Gasteiger partial charge in [-0.3, -0.25) is 9.78 Å². The molecule has 0 aliphatic carbocycles. The molecule has 8 nitrogen and oxygen atoms in total. The van der Waals surface area contributed by atoms with E-state index >= 15 is 0 Å². The van der Waals surface area contributed by atoms with Crippen molar-refractivity contribution >= 4 is 5.91 Å². The van der Waals surface area contributed by atoms with E-state index in [4.69, 9.17) is 4.52 Å². The van der Waals surface area contributed by atoms with Crippen molar-refractivity contribution in [3.05, 3.63) is 53.7 Å². The Hall–Kier alpha value is -3.16. The van der Waals surface area contributed by atoms with Crippen LogP contribution in [0, 0.1) is 0 Å². The molecule has 4 rings (SSSR count). The van der Waals surface area contributed by atoms with Crippen molar-refractivity contribution in [3.8, 4) is 11.4 Å². The number of rotatable bonds is 5. The summed E-state index contributed by atoms with van der Waals surface area (Å²) >= 11 is 0. The van der Waals surface area contributed by atoms with Gasteiger partial charge in [-0.1, -0.05) is 12.1 Å². The van der Waals surface area contributed by atoms with Crippen LogP contribution >= 0.6 is 0 Å². The lowest BCUT2D eigenvalue weighted by Gasteiger charge is -2.14. The van der Waals surface area contributed by atoms with Crippen molar-refractivity contribution in [1.82, 2.24) is 30.0 Å². The number of fused-ring (bicyclic) bond motifs is 1. The van der Waals surface area contributed by atoms with E-state index < -0.39 is 0 Å². The zero-order valence-corrected chi connectivity index (χ0v) is 14.4. The Bertz CT molecular complexity index is 924. The van der Waals surface area contributed by atoms with Gasteiger partial charge in [0.05, 0.1) is 12.2 Å². The maximum Gasteiger partial charge on any atom is 0.227 e. The topological polar surface area (TPSA) is 97.9 Å². The molecule has 4 heterocycles. The highest BCUT2D eigenvalue weighted by atomic mass is 16.5. The Morgan fingerprint density at radius 1 is 1.27 bits per heavy atom. The van der Waals surface area contributed by atoms with Crippen LogP contribution in [0.3, 0.4) is 0 Å². The van der Waals surface area contributed by atoms with Crippen molar-refractivity contribution in [2.75, 3.05) is 0 Å². The molecule has 3 aromatic rings. The van der Waals surface area contributed by atoms with Gasteiger partial charge in [0, 0.05) is 55.5 Å². The van der Waals surface area contributed by atoms with Gasteiger partial charge in [0.25, 0.3) is 0 Å². The van der Waals surface area contributed by atoms with Gasteiger partial charge in [-0.05, 0) is 12.1 Å². The molecule has 0 unspecified atom stereocenters. The molecule has 3 aromatic heterocycles. The number of carbonyl (C=O) groups excluding carboxylic acids is 1. The van der Waals surface area contributed by atoms with Crippen molar-refractivity contribution in [2.45, 2.75) is 39.3 Å². The number of hydrogen-bond acceptors (Lipinski definition) is 7. The minimum absolute atomic E-state index is 0.0437. The molecule has 1 amide bonds. The van der Waals surface area contributed by atoms with Crippen LogP contribution in [0.1, 0.15) is 36.3 Å². The number of carbonyl (C=O) groups is 1. The Morgan fingerprint density at radius 2 is 2.19 bits per heavy atom. The largest absolute Gasteiger partial charge is 0.339 e. The van der Waals surface area contributed by atoms with Gasteiger partial charge in [0.1, 0.15) is 5.82 Å². The highest BCUT2D eigenvalue weighted by Crippen LogP contribution is 2.22. The smallest absolute Gasteiger partial charge is 0.227 e. The summed E-state index contributed by atoms with van der Waals surface area (Å²) in [6, 6.07) is 3.67. The molecule has 26 heavy (non-hydrogen) atoms. The Kier molecular flexibility index (Phi) is 4.39. The third-order valence-electron chi connectivity index (χ3n) is 4.32. The summed E-state index contributed by atoms with van der Waals surface area (Å²) in [5.74, 6) is 1.78. The van der Waals surface area contributed by atoms with E-state index in [0.29, 0.717) is 37.6 Å². The van der Waals surface area contributed by atoms with Gasteiger partial charge >= 0.3 is 0 Å². The van der Waals surface area contributed by atoms with Crippen LogP contribution in [0.15, 0.2) is 35.2 Å². The molecular formula is C18H18N6O2. The molecule has 1 aliphatic heterocycles. The van der Waals surface area contributed by atoms with Crippen LogP contribution in [0.2, 0.25) is 0 Å². The van der Waals surface area contributed by atoms with E-state index in [9.17, 15) is 4.79 Å². The number of aryl methyl sites for hydroxylation is 2. The fraction of sp³-hybridized carbons (Fsp3) is 0.333. The molecule has 1 aliphatic rings. The fourth-order valence-corrected chi connectivity index (χ4v) is 2.88. The molecule has 8 heteroatoms. The molecule has 0 radical (unpaired) electrons. The number of hydrogen-bond donors (Lipinski definition) is 0. The third-order valence-corrected chi connectivity index (χ3v) is 4.32. The summed E-state index contributed by atoms with van der Waals surface area (Å²) < 4.78 is 5.24. The summed E-state index contributed by atoms with van der Waals surface area (Å²) in [6.45, 7) is 3.11. The second-order valence-corrected chi connectivity index (χ2v) is 6.11. The molecule has 0 bridgehead atoms. The van der Waals surface area contributed by atoms with Crippen molar-refractivity contribution in [1.29, 1.82) is 0 Å². The van der Waals surface area contributed by atoms with Gasteiger partial charge in [-0.15, -0.1) is 0 Å². The molecular weight excluding hydrogens is 332 g/mol. The van der Waals surface area contributed by atoms with Crippen LogP contribution in [0.25, 0.3) is 11.4 Å². The molecule has 0 saturated heterocycles. The normalized spacial score (nSPS) is 13.0. The number of nitrogens with zero attached hydrogens (tertiary/aromatic N) is 6. The van der Waals surface area contributed by atoms with Gasteiger partial charge in [-0.2, -0.15) is 4.98 Å². The van der Waals surface area contributed by atoms with E-state index in [2.05, 4.69) is 25.1 Å². The predicted octanol–water partition coefficient (Wildman–Crippen LogP) is 1.96. The average Bonchev–Trinajstić information content (AvgIpc) is 3.33. The number of aromatic nitrogens is 5. The first-order chi connectivity index (χ1) is 12.7. The minimum Gasteiger partial charge on any atom is -0.339 e. The fourth-order valence-electron chi connectivity index (χ4n) is 2.88. The summed E-state index contributed by atoms with van der Waals surface area (Å²) in [5, 5.41) is 3.94. The van der Waals surface area contributed by atoms with Crippen LogP contribution in [-0.4, -0.2) is 35.9 Å². The first-order valence-electron chi connectivity index (χ1n) is 8.57. The van der Waals surface area contributed by atoms with E-state index in [1.165, 1.54) is 0 Å². The average molecular weight is 350 g/mol. The van der Waals surface area contributed by atoms with Crippen LogP contribution in [-0.2, 0) is 30.7 Å². The lowest BCUT2D eigenvalue weighted by atomic mass is 10.2. The van der Waals surface area contributed by atoms with Crippen LogP contribution in [0.5, 0.6) is 0 Å². The number of amides is 1. The van der Waals surface area contributed by atoms with Crippen molar-refractivity contribution in [3.63, 3.8) is 0 Å². The monoisotopic (exact) mass is 350 g/mol. The zero-order chi connectivity index (χ0) is 17.9. The first-order valence-corrected chi connectivity index (χ1v) is 8.57. The maximum absolute atomic E-state index is 12.5. The third kappa shape index (κ3) is 3.30. The summed E-state index contributed by atoms with van der Waals surface area (Å²) in [5.41, 5.74) is 2.75. The molecule has 0 fully saturated rings. The molecule has 0 N–H and O–H groups in total. The quantitative estimate of drug-likeness (QED) is 0.693. The highest BCUT2D eigenvalue weighted by Gasteiger charge is 2.25. The molecule has 0 spiro atoms. The Balaban J connectivity index is 1.36. The van der Waals surface area contributed by atoms with Gasteiger partial charge < -0.3 is 9.42 Å². The van der Waals surface area contributed by atoms with E-state index in [-0.39, 0.29) is 5.91 Å². The maximum atomic E-state index is 12.5. The first kappa shape index (κ1) is 16.3. The molecule has 0 saturated carbocycles. The highest BCUT2D eigenvalue weighted by molar-refractivity contribution is 5.77. The van der Waals surface area contributed by atoms with Crippen molar-refractivity contribution < 1.29 is 9.32 Å². The standard InChI is InChI=1S/C18H18N6O2/c1-2-15-20-9-13-10-24(11-14(13)21-15)17(25)6-5-16-22-18(23-26-16)12-4-3-7-19-8-12/h3-4,7-9H,2,5-6,10-11H2,1H3. The SMILES string of the molecule is CCc1ncc2c(n1)CN(C(=O)CCc1nc(-c3cccnc3)no1)C2. The van der Waals surface area contributed by atoms with Gasteiger partial charge in [0.15, 0.2) is 0 Å². The Labute approximate surface area is 150 Å². The van der Waals surface area contributed by atoms with E-state index in [1.807, 2.05) is 25.3 Å². The van der Waals surface area contributed by atoms with Crippen LogP contribution in [0.4, 0.5) is 0 Å². The molecule has 0 atom stereocenters. The van der Waals surface area contributed by atoms with E-state index in [1.54, 1.807) is 17.3 Å². The van der Waals surface area contributed by atoms with Crippen LogP contribution < -0.4 is 0 Å². The summed E-state index contributed by atoms with van der Waals surface area (Å²) in [4.78, 5) is 31.5. The molecule has 132 valence electrons. The summed E-state index contributed by atoms with van der Waals surface area (Å²) in [6.07, 6.45) is 6.70. The lowest BCUT2D eigenvalue weighted by Crippen LogP contribution is -2.25. The van der Waals surface area contributed by atoms with Gasteiger partial charge in [-0.25, -0.2) is 9.97 Å². The van der Waals surface area contributed by atoms with E-state index in [0.717, 1.165) is 29.1 Å². The van der Waals surface area contributed by atoms with Crippen molar-refractivity contribution in [2.24, 2.45) is 0 Å². The lowest BCUT2D eigenvalue weighted by molar-refractivity contribution is -0.131. The number of pyridine rings is 1. The second kappa shape index (κ2) is 6.99. The van der Waals surface area contributed by atoms with Gasteiger partial charge in [0.2, 0.25) is 17.6 Å². The second-order valence-electron chi connectivity index (χ2n) is 6.11.